The van der Waals surface area contributed by atoms with Gasteiger partial charge >= 0.3 is 6.03 Å². The highest BCUT2D eigenvalue weighted by Crippen LogP contribution is 1.90. The first-order chi connectivity index (χ1) is 7.10. The van der Waals surface area contributed by atoms with Crippen molar-refractivity contribution in [2.24, 2.45) is 0 Å². The molecule has 0 radical (unpaired) electrons. The van der Waals surface area contributed by atoms with Gasteiger partial charge in [-0.2, -0.15) is 0 Å². The predicted octanol–water partition coefficient (Wildman–Crippen LogP) is 0.564. The third-order valence-corrected chi connectivity index (χ3v) is 1.90. The van der Waals surface area contributed by atoms with Crippen molar-refractivity contribution in [3.05, 3.63) is 0 Å². The number of nitrogens with one attached hydrogen (secondary N) is 2. The lowest BCUT2D eigenvalue weighted by molar-refractivity contribution is -0.120. The van der Waals surface area contributed by atoms with Crippen LogP contribution in [0.3, 0.4) is 0 Å². The molecule has 15 heavy (non-hydrogen) atoms. The molecule has 0 saturated heterocycles. The standard InChI is InChI=1S/C10H21N3O2/c1-4-6-7-13(3)8-9(14)12-10(15)11-5-2/h4-8H2,1-3H3,(H2,11,12,14,15). The maximum atomic E-state index is 11.3. The van der Waals surface area contributed by atoms with E-state index in [-0.39, 0.29) is 12.5 Å². The Balaban J connectivity index is 3.68. The summed E-state index contributed by atoms with van der Waals surface area (Å²) in [7, 11) is 1.87. The molecule has 0 aliphatic carbocycles. The number of hydrogen-bond acceptors (Lipinski definition) is 3. The van der Waals surface area contributed by atoms with Crippen molar-refractivity contribution in [1.82, 2.24) is 15.5 Å². The number of unbranched alkanes of at least 4 members (excludes halogenated alkanes) is 1. The summed E-state index contributed by atoms with van der Waals surface area (Å²) in [6.45, 7) is 5.56. The molecule has 0 aliphatic heterocycles. The molecule has 5 nitrogen and oxygen atoms in total. The number of rotatable bonds is 6. The number of imide groups is 1. The van der Waals surface area contributed by atoms with Crippen LogP contribution in [0.4, 0.5) is 4.79 Å². The van der Waals surface area contributed by atoms with E-state index in [0.717, 1.165) is 19.4 Å². The van der Waals surface area contributed by atoms with Gasteiger partial charge in [0.1, 0.15) is 0 Å². The van der Waals surface area contributed by atoms with Crippen LogP contribution in [0.1, 0.15) is 26.7 Å². The molecule has 0 bridgehead atoms. The van der Waals surface area contributed by atoms with Gasteiger partial charge in [-0.15, -0.1) is 0 Å². The first-order valence-electron chi connectivity index (χ1n) is 5.36. The maximum absolute atomic E-state index is 11.3. The Kier molecular flexibility index (Phi) is 7.62. The van der Waals surface area contributed by atoms with Crippen LogP contribution in [0, 0.1) is 0 Å². The lowest BCUT2D eigenvalue weighted by atomic mass is 10.3. The molecule has 0 spiro atoms. The van der Waals surface area contributed by atoms with Crippen molar-refractivity contribution < 1.29 is 9.59 Å². The minimum atomic E-state index is -0.425. The van der Waals surface area contributed by atoms with Gasteiger partial charge in [0, 0.05) is 6.54 Å². The summed E-state index contributed by atoms with van der Waals surface area (Å²) in [5, 5.41) is 4.76. The highest BCUT2D eigenvalue weighted by molar-refractivity contribution is 5.95. The van der Waals surface area contributed by atoms with Crippen LogP contribution in [0.5, 0.6) is 0 Å². The molecule has 0 aromatic rings. The number of nitrogens with zero attached hydrogens (tertiary/aromatic N) is 1. The molecule has 0 rings (SSSR count). The first-order valence-corrected chi connectivity index (χ1v) is 5.36. The molecule has 0 aliphatic rings. The van der Waals surface area contributed by atoms with E-state index in [1.165, 1.54) is 0 Å². The van der Waals surface area contributed by atoms with E-state index in [0.29, 0.717) is 6.54 Å². The van der Waals surface area contributed by atoms with Crippen LogP contribution in [0.15, 0.2) is 0 Å². The van der Waals surface area contributed by atoms with E-state index in [2.05, 4.69) is 17.6 Å². The second kappa shape index (κ2) is 8.23. The topological polar surface area (TPSA) is 61.4 Å². The quantitative estimate of drug-likeness (QED) is 0.680. The van der Waals surface area contributed by atoms with E-state index in [4.69, 9.17) is 0 Å². The van der Waals surface area contributed by atoms with Gasteiger partial charge in [0.15, 0.2) is 0 Å². The SMILES string of the molecule is CCCCN(C)CC(=O)NC(=O)NCC. The van der Waals surface area contributed by atoms with E-state index >= 15 is 0 Å². The van der Waals surface area contributed by atoms with E-state index in [1.54, 1.807) is 6.92 Å². The molecule has 2 N–H and O–H groups in total. The number of hydrogen-bond donors (Lipinski definition) is 2. The van der Waals surface area contributed by atoms with Crippen molar-refractivity contribution in [3.8, 4) is 0 Å². The van der Waals surface area contributed by atoms with Crippen LogP contribution in [-0.2, 0) is 4.79 Å². The fourth-order valence-corrected chi connectivity index (χ4v) is 1.12. The predicted molar refractivity (Wildman–Crippen MR) is 59.6 cm³/mol. The van der Waals surface area contributed by atoms with E-state index in [9.17, 15) is 9.59 Å². The Labute approximate surface area is 91.2 Å². The number of likely N-dealkylation sites (N-methyl/N-ethyl adjacent to an activating group) is 1. The molecule has 0 atom stereocenters. The zero-order chi connectivity index (χ0) is 11.7. The summed E-state index contributed by atoms with van der Waals surface area (Å²) < 4.78 is 0. The van der Waals surface area contributed by atoms with Crippen molar-refractivity contribution in [3.63, 3.8) is 0 Å². The van der Waals surface area contributed by atoms with Gasteiger partial charge < -0.3 is 5.32 Å². The van der Waals surface area contributed by atoms with Gasteiger partial charge in [0.2, 0.25) is 5.91 Å². The van der Waals surface area contributed by atoms with E-state index in [1.807, 2.05) is 11.9 Å². The average Bonchev–Trinajstić information content (AvgIpc) is 2.14. The van der Waals surface area contributed by atoms with Gasteiger partial charge in [0.25, 0.3) is 0 Å². The van der Waals surface area contributed by atoms with Gasteiger partial charge in [0.05, 0.1) is 6.54 Å². The van der Waals surface area contributed by atoms with Crippen molar-refractivity contribution in [2.75, 3.05) is 26.7 Å². The molecule has 0 saturated carbocycles. The van der Waals surface area contributed by atoms with E-state index < -0.39 is 6.03 Å². The lowest BCUT2D eigenvalue weighted by Gasteiger charge is -2.15. The van der Waals surface area contributed by atoms with Crippen LogP contribution >= 0.6 is 0 Å². The monoisotopic (exact) mass is 215 g/mol. The highest BCUT2D eigenvalue weighted by atomic mass is 16.2. The van der Waals surface area contributed by atoms with Crippen LogP contribution < -0.4 is 10.6 Å². The Morgan fingerprint density at radius 2 is 1.93 bits per heavy atom. The molecule has 5 heteroatoms. The van der Waals surface area contributed by atoms with Crippen LogP contribution in [0.2, 0.25) is 0 Å². The number of carbonyl (C=O) groups excluding carboxylic acids is 2. The minimum absolute atomic E-state index is 0.261. The number of urea groups is 1. The summed E-state index contributed by atoms with van der Waals surface area (Å²) in [5.74, 6) is -0.264. The molecule has 0 heterocycles. The Bertz CT molecular complexity index is 207. The minimum Gasteiger partial charge on any atom is -0.338 e. The first kappa shape index (κ1) is 13.9. The number of carbonyl (C=O) groups is 2. The summed E-state index contributed by atoms with van der Waals surface area (Å²) >= 11 is 0. The molecular weight excluding hydrogens is 194 g/mol. The fourth-order valence-electron chi connectivity index (χ4n) is 1.12. The summed E-state index contributed by atoms with van der Waals surface area (Å²) in [5.41, 5.74) is 0. The lowest BCUT2D eigenvalue weighted by Crippen LogP contribution is -2.43. The van der Waals surface area contributed by atoms with Gasteiger partial charge in [-0.05, 0) is 26.9 Å². The van der Waals surface area contributed by atoms with Crippen molar-refractivity contribution in [1.29, 1.82) is 0 Å². The van der Waals surface area contributed by atoms with Crippen LogP contribution in [-0.4, -0.2) is 43.5 Å². The fraction of sp³-hybridized carbons (Fsp3) is 0.800. The molecule has 0 aromatic carbocycles. The van der Waals surface area contributed by atoms with Gasteiger partial charge in [-0.3, -0.25) is 15.0 Å². The Morgan fingerprint density at radius 1 is 1.27 bits per heavy atom. The summed E-state index contributed by atoms with van der Waals surface area (Å²) in [4.78, 5) is 24.2. The number of amides is 3. The highest BCUT2D eigenvalue weighted by Gasteiger charge is 2.08. The van der Waals surface area contributed by atoms with Crippen LogP contribution in [0.25, 0.3) is 0 Å². The van der Waals surface area contributed by atoms with Gasteiger partial charge in [-0.1, -0.05) is 13.3 Å². The Hall–Kier alpha value is -1.10. The summed E-state index contributed by atoms with van der Waals surface area (Å²) in [6.07, 6.45) is 2.16. The largest absolute Gasteiger partial charge is 0.338 e. The molecule has 0 fully saturated rings. The molecular formula is C10H21N3O2. The van der Waals surface area contributed by atoms with Crippen molar-refractivity contribution >= 4 is 11.9 Å². The molecule has 88 valence electrons. The second-order valence-corrected chi connectivity index (χ2v) is 3.50. The van der Waals surface area contributed by atoms with Gasteiger partial charge in [-0.25, -0.2) is 4.79 Å². The third-order valence-electron chi connectivity index (χ3n) is 1.90. The third kappa shape index (κ3) is 7.93. The smallest absolute Gasteiger partial charge is 0.321 e. The summed E-state index contributed by atoms with van der Waals surface area (Å²) in [6, 6.07) is -0.425. The zero-order valence-corrected chi connectivity index (χ0v) is 9.80. The molecule has 0 aromatic heterocycles. The molecule has 3 amide bonds. The maximum Gasteiger partial charge on any atom is 0.321 e. The normalized spacial score (nSPS) is 10.1. The van der Waals surface area contributed by atoms with Crippen molar-refractivity contribution in [2.45, 2.75) is 26.7 Å². The molecule has 0 unspecified atom stereocenters. The Morgan fingerprint density at radius 3 is 2.47 bits per heavy atom. The second-order valence-electron chi connectivity index (χ2n) is 3.50. The average molecular weight is 215 g/mol. The zero-order valence-electron chi connectivity index (χ0n) is 9.80.